The average Bonchev–Trinajstić information content (AvgIpc) is 2.52. The Labute approximate surface area is 119 Å². The van der Waals surface area contributed by atoms with Crippen LogP contribution in [0.3, 0.4) is 0 Å². The molecule has 9 heteroatoms. The molecule has 0 aliphatic carbocycles. The number of nitrogens with zero attached hydrogens (tertiary/aromatic N) is 3. The van der Waals surface area contributed by atoms with Gasteiger partial charge in [0.2, 0.25) is 0 Å². The number of rotatable bonds is 5. The lowest BCUT2D eigenvalue weighted by atomic mass is 10.2. The van der Waals surface area contributed by atoms with Crippen LogP contribution in [0.4, 0.5) is 11.5 Å². The van der Waals surface area contributed by atoms with Gasteiger partial charge in [-0.25, -0.2) is 15.8 Å². The first-order valence-corrected chi connectivity index (χ1v) is 5.91. The van der Waals surface area contributed by atoms with Crippen LogP contribution in [0.1, 0.15) is 16.1 Å². The molecule has 0 saturated carbocycles. The summed E-state index contributed by atoms with van der Waals surface area (Å²) in [5.41, 5.74) is 2.74. The number of carbonyl (C=O) groups is 1. The van der Waals surface area contributed by atoms with E-state index < -0.39 is 10.8 Å². The summed E-state index contributed by atoms with van der Waals surface area (Å²) in [6.07, 6.45) is 2.56. The number of carbonyl (C=O) groups excluding carboxylic acids is 1. The van der Waals surface area contributed by atoms with Crippen LogP contribution in [0.25, 0.3) is 0 Å². The number of nitro benzene ring substituents is 1. The zero-order chi connectivity index (χ0) is 15.2. The maximum atomic E-state index is 11.9. The van der Waals surface area contributed by atoms with Crippen molar-refractivity contribution in [2.75, 3.05) is 5.43 Å². The standard InChI is InChI=1S/C12H12N6O3/c13-17-11-7-14-9(6-15-11)12(19)16-5-8-3-1-2-4-10(8)18(20)21/h1-4,6-7H,5,13H2,(H,15,17)(H,16,19). The monoisotopic (exact) mass is 288 g/mol. The van der Waals surface area contributed by atoms with E-state index in [0.717, 1.165) is 0 Å². The lowest BCUT2D eigenvalue weighted by molar-refractivity contribution is -0.385. The zero-order valence-electron chi connectivity index (χ0n) is 10.8. The van der Waals surface area contributed by atoms with Gasteiger partial charge in [-0.05, 0) is 0 Å². The maximum absolute atomic E-state index is 11.9. The molecule has 4 N–H and O–H groups in total. The second kappa shape index (κ2) is 6.39. The van der Waals surface area contributed by atoms with Crippen LogP contribution >= 0.6 is 0 Å². The Bertz CT molecular complexity index is 658. The van der Waals surface area contributed by atoms with E-state index in [-0.39, 0.29) is 17.9 Å². The predicted octanol–water partition coefficient (Wildman–Crippen LogP) is 0.600. The molecule has 21 heavy (non-hydrogen) atoms. The summed E-state index contributed by atoms with van der Waals surface area (Å²) in [7, 11) is 0. The van der Waals surface area contributed by atoms with Crippen molar-refractivity contribution in [3.8, 4) is 0 Å². The van der Waals surface area contributed by atoms with Crippen molar-refractivity contribution in [1.82, 2.24) is 15.3 Å². The third-order valence-corrected chi connectivity index (χ3v) is 2.66. The van der Waals surface area contributed by atoms with E-state index in [4.69, 9.17) is 5.84 Å². The molecular weight excluding hydrogens is 276 g/mol. The molecule has 0 atom stereocenters. The van der Waals surface area contributed by atoms with Crippen LogP contribution in [0.15, 0.2) is 36.7 Å². The van der Waals surface area contributed by atoms with Crippen molar-refractivity contribution in [2.45, 2.75) is 6.54 Å². The van der Waals surface area contributed by atoms with Crippen LogP contribution in [-0.4, -0.2) is 20.8 Å². The highest BCUT2D eigenvalue weighted by atomic mass is 16.6. The van der Waals surface area contributed by atoms with E-state index in [9.17, 15) is 14.9 Å². The largest absolute Gasteiger partial charge is 0.346 e. The van der Waals surface area contributed by atoms with Crippen LogP contribution in [0, 0.1) is 10.1 Å². The number of nitrogens with two attached hydrogens (primary N) is 1. The van der Waals surface area contributed by atoms with Gasteiger partial charge in [0.1, 0.15) is 5.69 Å². The molecule has 9 nitrogen and oxygen atoms in total. The molecule has 2 rings (SSSR count). The predicted molar refractivity (Wildman–Crippen MR) is 74.1 cm³/mol. The molecule has 1 amide bonds. The quantitative estimate of drug-likeness (QED) is 0.416. The summed E-state index contributed by atoms with van der Waals surface area (Å²) in [5.74, 6) is 4.98. The molecule has 0 saturated heterocycles. The third-order valence-electron chi connectivity index (χ3n) is 2.66. The number of aromatic nitrogens is 2. The van der Waals surface area contributed by atoms with E-state index in [0.29, 0.717) is 11.4 Å². The summed E-state index contributed by atoms with van der Waals surface area (Å²) in [4.78, 5) is 29.9. The second-order valence-corrected chi connectivity index (χ2v) is 4.00. The molecule has 0 aliphatic heterocycles. The fourth-order valence-electron chi connectivity index (χ4n) is 1.62. The Morgan fingerprint density at radius 2 is 2.05 bits per heavy atom. The summed E-state index contributed by atoms with van der Waals surface area (Å²) < 4.78 is 0. The molecule has 1 heterocycles. The van der Waals surface area contributed by atoms with Gasteiger partial charge in [-0.3, -0.25) is 14.9 Å². The number of nitrogens with one attached hydrogen (secondary N) is 2. The molecule has 0 unspecified atom stereocenters. The van der Waals surface area contributed by atoms with Crippen LogP contribution in [0.5, 0.6) is 0 Å². The molecule has 0 spiro atoms. The minimum Gasteiger partial charge on any atom is -0.346 e. The molecule has 2 aromatic rings. The van der Waals surface area contributed by atoms with Gasteiger partial charge in [-0.15, -0.1) is 0 Å². The highest BCUT2D eigenvalue weighted by molar-refractivity contribution is 5.92. The highest BCUT2D eigenvalue weighted by Crippen LogP contribution is 2.17. The SMILES string of the molecule is NNc1cnc(C(=O)NCc2ccccc2[N+](=O)[O-])cn1. The summed E-state index contributed by atoms with van der Waals surface area (Å²) in [6, 6.07) is 6.18. The fraction of sp³-hybridized carbons (Fsp3) is 0.0833. The number of para-hydroxylation sites is 1. The number of amides is 1. The van der Waals surface area contributed by atoms with Gasteiger partial charge in [-0.2, -0.15) is 0 Å². The number of anilines is 1. The lowest BCUT2D eigenvalue weighted by Gasteiger charge is -2.05. The van der Waals surface area contributed by atoms with Crippen molar-refractivity contribution >= 4 is 17.4 Å². The Morgan fingerprint density at radius 3 is 2.67 bits per heavy atom. The molecule has 0 radical (unpaired) electrons. The molecular formula is C12H12N6O3. The molecule has 1 aromatic heterocycles. The highest BCUT2D eigenvalue weighted by Gasteiger charge is 2.14. The molecule has 0 fully saturated rings. The van der Waals surface area contributed by atoms with Crippen molar-refractivity contribution in [3.05, 3.63) is 58.0 Å². The van der Waals surface area contributed by atoms with Crippen LogP contribution in [-0.2, 0) is 6.54 Å². The minimum absolute atomic E-state index is 0.0224. The molecule has 0 aliphatic rings. The van der Waals surface area contributed by atoms with Crippen LogP contribution in [0.2, 0.25) is 0 Å². The Hall–Kier alpha value is -3.07. The number of hydrogen-bond acceptors (Lipinski definition) is 7. The van der Waals surface area contributed by atoms with Gasteiger partial charge in [0.05, 0.1) is 17.3 Å². The van der Waals surface area contributed by atoms with E-state index in [1.165, 1.54) is 18.5 Å². The number of nitro groups is 1. The van der Waals surface area contributed by atoms with Gasteiger partial charge in [-0.1, -0.05) is 18.2 Å². The van der Waals surface area contributed by atoms with Gasteiger partial charge in [0, 0.05) is 18.2 Å². The normalized spacial score (nSPS) is 9.95. The van der Waals surface area contributed by atoms with E-state index >= 15 is 0 Å². The van der Waals surface area contributed by atoms with Gasteiger partial charge >= 0.3 is 0 Å². The number of nitrogen functional groups attached to an aromatic ring is 1. The summed E-state index contributed by atoms with van der Waals surface area (Å²) in [5, 5.41) is 13.4. The first-order valence-electron chi connectivity index (χ1n) is 5.91. The van der Waals surface area contributed by atoms with Gasteiger partial charge in [0.25, 0.3) is 11.6 Å². The Balaban J connectivity index is 2.05. The van der Waals surface area contributed by atoms with E-state index in [1.807, 2.05) is 0 Å². The Kier molecular flexibility index (Phi) is 4.36. The smallest absolute Gasteiger partial charge is 0.274 e. The first kappa shape index (κ1) is 14.3. The van der Waals surface area contributed by atoms with Gasteiger partial charge < -0.3 is 10.7 Å². The lowest BCUT2D eigenvalue weighted by Crippen LogP contribution is -2.24. The minimum atomic E-state index is -0.497. The molecule has 1 aromatic carbocycles. The van der Waals surface area contributed by atoms with Crippen molar-refractivity contribution in [2.24, 2.45) is 5.84 Å². The third kappa shape index (κ3) is 3.48. The first-order chi connectivity index (χ1) is 10.1. The second-order valence-electron chi connectivity index (χ2n) is 4.00. The average molecular weight is 288 g/mol. The van der Waals surface area contributed by atoms with Crippen molar-refractivity contribution in [1.29, 1.82) is 0 Å². The van der Waals surface area contributed by atoms with Crippen molar-refractivity contribution in [3.63, 3.8) is 0 Å². The van der Waals surface area contributed by atoms with E-state index in [2.05, 4.69) is 20.7 Å². The topological polar surface area (TPSA) is 136 Å². The number of benzene rings is 1. The van der Waals surface area contributed by atoms with Crippen LogP contribution < -0.4 is 16.6 Å². The summed E-state index contributed by atoms with van der Waals surface area (Å²) >= 11 is 0. The number of hydrazine groups is 1. The zero-order valence-corrected chi connectivity index (χ0v) is 10.8. The van der Waals surface area contributed by atoms with Crippen molar-refractivity contribution < 1.29 is 9.72 Å². The number of hydrogen-bond donors (Lipinski definition) is 3. The Morgan fingerprint density at radius 1 is 1.29 bits per heavy atom. The molecule has 0 bridgehead atoms. The van der Waals surface area contributed by atoms with E-state index in [1.54, 1.807) is 18.2 Å². The molecule has 108 valence electrons. The van der Waals surface area contributed by atoms with Gasteiger partial charge in [0.15, 0.2) is 5.82 Å². The fourth-order valence-corrected chi connectivity index (χ4v) is 1.62. The summed E-state index contributed by atoms with van der Waals surface area (Å²) in [6.45, 7) is 0.0224. The maximum Gasteiger partial charge on any atom is 0.274 e.